The second kappa shape index (κ2) is 7.61. The molecule has 0 spiro atoms. The van der Waals surface area contributed by atoms with E-state index in [9.17, 15) is 18.3 Å². The van der Waals surface area contributed by atoms with E-state index in [1.807, 2.05) is 19.3 Å². The van der Waals surface area contributed by atoms with E-state index in [-0.39, 0.29) is 23.4 Å². The fourth-order valence-corrected chi connectivity index (χ4v) is 3.32. The fourth-order valence-electron chi connectivity index (χ4n) is 2.27. The molecule has 1 aromatic carbocycles. The molecule has 1 atom stereocenters. The van der Waals surface area contributed by atoms with Gasteiger partial charge in [0.15, 0.2) is 0 Å². The highest BCUT2D eigenvalue weighted by atomic mass is 32.2. The van der Waals surface area contributed by atoms with Crippen molar-refractivity contribution in [2.45, 2.75) is 17.4 Å². The number of sulfonamides is 1. The van der Waals surface area contributed by atoms with Crippen molar-refractivity contribution in [1.82, 2.24) is 9.29 Å². The molecule has 0 aliphatic rings. The molecule has 0 amide bonds. The second-order valence-electron chi connectivity index (χ2n) is 5.26. The van der Waals surface area contributed by atoms with Gasteiger partial charge in [0, 0.05) is 25.5 Å². The lowest BCUT2D eigenvalue weighted by molar-refractivity contribution is 0.0600. The molecular formula is C16H20N2O5S. The standard InChI is InChI=1S/C16H20N2O5S/c1-18-11-3-4-14(18)15(19)9-10-17-24(21,22)13-7-5-12(6-8-13)16(20)23-2/h3-8,11,15,17,19H,9-10H2,1-2H3/t15-/m0/s1. The van der Waals surface area contributed by atoms with Crippen LogP contribution in [0.15, 0.2) is 47.5 Å². The predicted molar refractivity (Wildman–Crippen MR) is 88.0 cm³/mol. The van der Waals surface area contributed by atoms with Crippen LogP contribution in [-0.4, -0.2) is 37.7 Å². The highest BCUT2D eigenvalue weighted by Gasteiger charge is 2.16. The Morgan fingerprint density at radius 3 is 2.50 bits per heavy atom. The third kappa shape index (κ3) is 4.22. The normalized spacial score (nSPS) is 12.8. The summed E-state index contributed by atoms with van der Waals surface area (Å²) in [6.07, 6.45) is 1.30. The summed E-state index contributed by atoms with van der Waals surface area (Å²) in [6.45, 7) is 0.0907. The Labute approximate surface area is 140 Å². The molecule has 0 saturated heterocycles. The number of carbonyl (C=O) groups is 1. The average Bonchev–Trinajstić information content (AvgIpc) is 3.00. The molecule has 0 radical (unpaired) electrons. The van der Waals surface area contributed by atoms with E-state index in [0.29, 0.717) is 0 Å². The van der Waals surface area contributed by atoms with Crippen LogP contribution in [-0.2, 0) is 21.8 Å². The van der Waals surface area contributed by atoms with Gasteiger partial charge in [-0.1, -0.05) is 0 Å². The average molecular weight is 352 g/mol. The maximum atomic E-state index is 12.2. The minimum Gasteiger partial charge on any atom is -0.465 e. The van der Waals surface area contributed by atoms with Crippen LogP contribution < -0.4 is 4.72 Å². The Bertz CT molecular complexity index is 796. The topological polar surface area (TPSA) is 97.6 Å². The third-order valence-electron chi connectivity index (χ3n) is 3.62. The number of ether oxygens (including phenoxy) is 1. The molecule has 130 valence electrons. The van der Waals surface area contributed by atoms with Crippen LogP contribution in [0.1, 0.15) is 28.6 Å². The minimum absolute atomic E-state index is 0.0449. The molecule has 1 aromatic heterocycles. The summed E-state index contributed by atoms with van der Waals surface area (Å²) >= 11 is 0. The highest BCUT2D eigenvalue weighted by molar-refractivity contribution is 7.89. The summed E-state index contributed by atoms with van der Waals surface area (Å²) in [5.74, 6) is -0.530. The van der Waals surface area contributed by atoms with Gasteiger partial charge in [0.25, 0.3) is 0 Å². The number of methoxy groups -OCH3 is 1. The molecule has 8 heteroatoms. The van der Waals surface area contributed by atoms with Crippen molar-refractivity contribution in [1.29, 1.82) is 0 Å². The quantitative estimate of drug-likeness (QED) is 0.730. The van der Waals surface area contributed by atoms with Gasteiger partial charge in [-0.05, 0) is 42.8 Å². The number of aliphatic hydroxyl groups is 1. The lowest BCUT2D eigenvalue weighted by Crippen LogP contribution is -2.26. The first-order valence-corrected chi connectivity index (χ1v) is 8.81. The van der Waals surface area contributed by atoms with Crippen molar-refractivity contribution in [2.75, 3.05) is 13.7 Å². The molecule has 2 rings (SSSR count). The lowest BCUT2D eigenvalue weighted by Gasteiger charge is -2.13. The lowest BCUT2D eigenvalue weighted by atomic mass is 10.2. The monoisotopic (exact) mass is 352 g/mol. The van der Waals surface area contributed by atoms with Gasteiger partial charge < -0.3 is 14.4 Å². The van der Waals surface area contributed by atoms with E-state index < -0.39 is 22.1 Å². The molecule has 0 bridgehead atoms. The Balaban J connectivity index is 1.96. The van der Waals surface area contributed by atoms with Gasteiger partial charge in [0.2, 0.25) is 10.0 Å². The molecule has 2 aromatic rings. The Morgan fingerprint density at radius 1 is 1.29 bits per heavy atom. The number of benzene rings is 1. The van der Waals surface area contributed by atoms with Gasteiger partial charge >= 0.3 is 5.97 Å². The number of rotatable bonds is 7. The van der Waals surface area contributed by atoms with Crippen molar-refractivity contribution in [3.05, 3.63) is 53.9 Å². The smallest absolute Gasteiger partial charge is 0.337 e. The van der Waals surface area contributed by atoms with Gasteiger partial charge in [-0.2, -0.15) is 0 Å². The van der Waals surface area contributed by atoms with E-state index in [0.717, 1.165) is 5.69 Å². The summed E-state index contributed by atoms with van der Waals surface area (Å²) in [7, 11) is -0.636. The minimum atomic E-state index is -3.70. The molecule has 0 aliphatic heterocycles. The van der Waals surface area contributed by atoms with Gasteiger partial charge in [-0.3, -0.25) is 0 Å². The van der Waals surface area contributed by atoms with E-state index in [4.69, 9.17) is 0 Å². The SMILES string of the molecule is COC(=O)c1ccc(S(=O)(=O)NCC[C@H](O)c2cccn2C)cc1. The molecule has 2 N–H and O–H groups in total. The number of hydrogen-bond acceptors (Lipinski definition) is 5. The summed E-state index contributed by atoms with van der Waals surface area (Å²) in [4.78, 5) is 11.4. The number of aliphatic hydroxyl groups excluding tert-OH is 1. The third-order valence-corrected chi connectivity index (χ3v) is 5.10. The summed E-state index contributed by atoms with van der Waals surface area (Å²) < 4.78 is 33.2. The van der Waals surface area contributed by atoms with Crippen LogP contribution in [0.25, 0.3) is 0 Å². The molecule has 1 heterocycles. The number of hydrogen-bond donors (Lipinski definition) is 2. The van der Waals surface area contributed by atoms with E-state index >= 15 is 0 Å². The molecule has 24 heavy (non-hydrogen) atoms. The van der Waals surface area contributed by atoms with Gasteiger partial charge in [-0.25, -0.2) is 17.9 Å². The van der Waals surface area contributed by atoms with Crippen LogP contribution in [0.4, 0.5) is 0 Å². The van der Waals surface area contributed by atoms with Crippen LogP contribution in [0, 0.1) is 0 Å². The number of aryl methyl sites for hydroxylation is 1. The number of carbonyl (C=O) groups excluding carboxylic acids is 1. The molecule has 0 unspecified atom stereocenters. The molecule has 0 saturated carbocycles. The number of nitrogens with zero attached hydrogens (tertiary/aromatic N) is 1. The Kier molecular flexibility index (Phi) is 5.76. The summed E-state index contributed by atoms with van der Waals surface area (Å²) in [5, 5.41) is 10.1. The second-order valence-corrected chi connectivity index (χ2v) is 7.03. The number of esters is 1. The first-order valence-electron chi connectivity index (χ1n) is 7.32. The van der Waals surface area contributed by atoms with Crippen LogP contribution >= 0.6 is 0 Å². The van der Waals surface area contributed by atoms with Crippen molar-refractivity contribution in [2.24, 2.45) is 7.05 Å². The zero-order valence-corrected chi connectivity index (χ0v) is 14.3. The maximum Gasteiger partial charge on any atom is 0.337 e. The van der Waals surface area contributed by atoms with E-state index in [2.05, 4.69) is 9.46 Å². The molecule has 0 fully saturated rings. The highest BCUT2D eigenvalue weighted by Crippen LogP contribution is 2.16. The van der Waals surface area contributed by atoms with Crippen LogP contribution in [0.3, 0.4) is 0 Å². The van der Waals surface area contributed by atoms with Gasteiger partial charge in [-0.15, -0.1) is 0 Å². The van der Waals surface area contributed by atoms with Crippen molar-refractivity contribution in [3.63, 3.8) is 0 Å². The summed E-state index contributed by atoms with van der Waals surface area (Å²) in [6, 6.07) is 9.04. The Morgan fingerprint density at radius 2 is 1.96 bits per heavy atom. The zero-order chi connectivity index (χ0) is 17.7. The largest absolute Gasteiger partial charge is 0.465 e. The van der Waals surface area contributed by atoms with Crippen molar-refractivity contribution < 1.29 is 23.1 Å². The Hall–Kier alpha value is -2.16. The number of aromatic nitrogens is 1. The molecule has 0 aliphatic carbocycles. The van der Waals surface area contributed by atoms with Gasteiger partial charge in [0.1, 0.15) is 0 Å². The zero-order valence-electron chi connectivity index (χ0n) is 13.5. The predicted octanol–water partition coefficient (Wildman–Crippen LogP) is 1.21. The summed E-state index contributed by atoms with van der Waals surface area (Å²) in [5.41, 5.74) is 0.993. The van der Waals surface area contributed by atoms with Crippen LogP contribution in [0.5, 0.6) is 0 Å². The molecule has 7 nitrogen and oxygen atoms in total. The van der Waals surface area contributed by atoms with E-state index in [1.54, 1.807) is 10.6 Å². The first kappa shape index (κ1) is 18.2. The van der Waals surface area contributed by atoms with Crippen molar-refractivity contribution >= 4 is 16.0 Å². The van der Waals surface area contributed by atoms with Crippen LogP contribution in [0.2, 0.25) is 0 Å². The van der Waals surface area contributed by atoms with Crippen molar-refractivity contribution in [3.8, 4) is 0 Å². The number of nitrogens with one attached hydrogen (secondary N) is 1. The maximum absolute atomic E-state index is 12.2. The fraction of sp³-hybridized carbons (Fsp3) is 0.312. The first-order chi connectivity index (χ1) is 11.3. The van der Waals surface area contributed by atoms with Gasteiger partial charge in [0.05, 0.1) is 23.7 Å². The molecular weight excluding hydrogens is 332 g/mol. The van der Waals surface area contributed by atoms with E-state index in [1.165, 1.54) is 31.4 Å².